The normalized spacial score (nSPS) is 19.6. The minimum atomic E-state index is -1.33. The van der Waals surface area contributed by atoms with E-state index in [-0.39, 0.29) is 18.9 Å². The van der Waals surface area contributed by atoms with Crippen LogP contribution in [0.25, 0.3) is 0 Å². The van der Waals surface area contributed by atoms with E-state index in [4.69, 9.17) is 4.74 Å². The molecule has 1 heterocycles. The summed E-state index contributed by atoms with van der Waals surface area (Å²) < 4.78 is 5.35. The third kappa shape index (κ3) is 5.31. The van der Waals surface area contributed by atoms with E-state index in [0.717, 1.165) is 6.61 Å². The van der Waals surface area contributed by atoms with E-state index in [1.165, 1.54) is 31.1 Å². The Kier molecular flexibility index (Phi) is 7.43. The number of hydrogen-bond donors (Lipinski definition) is 0. The van der Waals surface area contributed by atoms with Crippen LogP contribution in [-0.2, 0) is 4.74 Å². The van der Waals surface area contributed by atoms with Crippen LogP contribution in [0.3, 0.4) is 0 Å². The standard InChI is InChI=1S/C16H26NOSi.Li/c1-18-12-16-10-7-11-17(16)14-19(2,3)13-15-8-5-4-6-9-15;/h4-6,8-9,13,16H,7,10-12,14H2,1-3H3;/q-1;+1/t16-;/m1./s1. The second kappa shape index (κ2) is 8.31. The Morgan fingerprint density at radius 1 is 1.30 bits per heavy atom. The van der Waals surface area contributed by atoms with Crippen LogP contribution in [0.2, 0.25) is 13.1 Å². The number of hydrogen-bond acceptors (Lipinski definition) is 2. The van der Waals surface area contributed by atoms with Crippen LogP contribution in [0.1, 0.15) is 18.4 Å². The van der Waals surface area contributed by atoms with E-state index in [2.05, 4.69) is 54.4 Å². The molecule has 0 amide bonds. The fourth-order valence-corrected chi connectivity index (χ4v) is 5.70. The molecule has 0 saturated carbocycles. The van der Waals surface area contributed by atoms with Crippen molar-refractivity contribution in [2.45, 2.75) is 32.0 Å². The van der Waals surface area contributed by atoms with Gasteiger partial charge in [0, 0.05) is 21.2 Å². The molecule has 106 valence electrons. The van der Waals surface area contributed by atoms with Gasteiger partial charge in [-0.3, -0.25) is 0 Å². The maximum absolute atomic E-state index is 5.35. The Hall–Kier alpha value is -0.176. The van der Waals surface area contributed by atoms with Gasteiger partial charge in [0.05, 0.1) is 6.61 Å². The van der Waals surface area contributed by atoms with Crippen LogP contribution < -0.4 is 18.9 Å². The van der Waals surface area contributed by atoms with Gasteiger partial charge in [-0.1, -0.05) is 19.2 Å². The number of benzene rings is 1. The van der Waals surface area contributed by atoms with Crippen LogP contribution in [0.5, 0.6) is 0 Å². The number of rotatable bonds is 6. The van der Waals surface area contributed by atoms with E-state index in [1.54, 1.807) is 0 Å². The molecule has 0 bridgehead atoms. The minimum Gasteiger partial charge on any atom is -0.383 e. The topological polar surface area (TPSA) is 12.5 Å². The van der Waals surface area contributed by atoms with Crippen molar-refractivity contribution in [2.75, 3.05) is 26.4 Å². The minimum absolute atomic E-state index is 0. The molecule has 2 nitrogen and oxygen atoms in total. The first-order valence-corrected chi connectivity index (χ1v) is 10.5. The monoisotopic (exact) mass is 283 g/mol. The van der Waals surface area contributed by atoms with Gasteiger partial charge in [-0.2, -0.15) is 23.7 Å². The Bertz CT molecular complexity index is 385. The molecule has 1 atom stereocenters. The molecule has 4 heteroatoms. The Morgan fingerprint density at radius 3 is 2.65 bits per heavy atom. The molecule has 1 aliphatic rings. The molecular formula is C16H26LiNOSi. The first-order valence-electron chi connectivity index (χ1n) is 7.25. The summed E-state index contributed by atoms with van der Waals surface area (Å²) in [6, 6.07) is 13.9. The molecule has 0 unspecified atom stereocenters. The first-order chi connectivity index (χ1) is 9.11. The van der Waals surface area contributed by atoms with Crippen molar-refractivity contribution < 1.29 is 23.6 Å². The van der Waals surface area contributed by atoms with Crippen LogP contribution >= 0.6 is 0 Å². The number of methoxy groups -OCH3 is 1. The fourth-order valence-electron chi connectivity index (χ4n) is 3.05. The Labute approximate surface area is 137 Å². The summed E-state index contributed by atoms with van der Waals surface area (Å²) in [5.41, 5.74) is 1.38. The predicted octanol–water partition coefficient (Wildman–Crippen LogP) is 0.141. The summed E-state index contributed by atoms with van der Waals surface area (Å²) in [6.07, 6.45) is 3.86. The van der Waals surface area contributed by atoms with Crippen molar-refractivity contribution in [3.63, 3.8) is 0 Å². The average molecular weight is 283 g/mol. The molecule has 1 aromatic rings. The maximum Gasteiger partial charge on any atom is 1.00 e. The van der Waals surface area contributed by atoms with E-state index >= 15 is 0 Å². The predicted molar refractivity (Wildman–Crippen MR) is 83.8 cm³/mol. The van der Waals surface area contributed by atoms with Crippen molar-refractivity contribution in [1.29, 1.82) is 0 Å². The van der Waals surface area contributed by atoms with Crippen molar-refractivity contribution in [3.8, 4) is 0 Å². The number of nitrogens with zero attached hydrogens (tertiary/aromatic N) is 1. The van der Waals surface area contributed by atoms with Gasteiger partial charge >= 0.3 is 18.9 Å². The quantitative estimate of drug-likeness (QED) is 0.544. The molecule has 0 aliphatic carbocycles. The Morgan fingerprint density at radius 2 is 2.00 bits per heavy atom. The van der Waals surface area contributed by atoms with E-state index in [1.807, 2.05) is 7.11 Å². The van der Waals surface area contributed by atoms with Crippen LogP contribution in [0, 0.1) is 6.04 Å². The summed E-state index contributed by atoms with van der Waals surface area (Å²) in [4.78, 5) is 2.65. The molecule has 1 fully saturated rings. The molecular weight excluding hydrogens is 257 g/mol. The number of likely N-dealkylation sites (tertiary alicyclic amines) is 1. The second-order valence-electron chi connectivity index (χ2n) is 6.27. The van der Waals surface area contributed by atoms with Crippen LogP contribution in [0.4, 0.5) is 0 Å². The third-order valence-electron chi connectivity index (χ3n) is 3.83. The van der Waals surface area contributed by atoms with Crippen molar-refractivity contribution in [2.24, 2.45) is 0 Å². The Balaban J connectivity index is 0.00000200. The molecule has 1 aromatic carbocycles. The van der Waals surface area contributed by atoms with Crippen molar-refractivity contribution >= 4 is 8.07 Å². The van der Waals surface area contributed by atoms with Gasteiger partial charge in [0.25, 0.3) is 0 Å². The first kappa shape index (κ1) is 17.9. The smallest absolute Gasteiger partial charge is 0.383 e. The van der Waals surface area contributed by atoms with Crippen LogP contribution in [-0.4, -0.2) is 45.4 Å². The van der Waals surface area contributed by atoms with Gasteiger partial charge < -0.3 is 9.64 Å². The van der Waals surface area contributed by atoms with Gasteiger partial charge in [-0.25, -0.2) is 0 Å². The average Bonchev–Trinajstić information content (AvgIpc) is 2.77. The summed E-state index contributed by atoms with van der Waals surface area (Å²) in [5.74, 6) is 0. The van der Waals surface area contributed by atoms with Crippen molar-refractivity contribution in [1.82, 2.24) is 4.90 Å². The zero-order chi connectivity index (χ0) is 13.7. The molecule has 0 aromatic heterocycles. The molecule has 20 heavy (non-hydrogen) atoms. The SMILES string of the molecule is COC[C@H]1CCCN1C[Si](C)(C)[CH-]c1ccccc1.[Li+]. The maximum atomic E-state index is 5.35. The molecule has 2 rings (SSSR count). The molecule has 0 spiro atoms. The number of ether oxygens (including phenoxy) is 1. The molecule has 0 radical (unpaired) electrons. The summed E-state index contributed by atoms with van der Waals surface area (Å²) in [7, 11) is 0.480. The summed E-state index contributed by atoms with van der Waals surface area (Å²) in [5, 5.41) is 0. The molecule has 0 N–H and O–H groups in total. The van der Waals surface area contributed by atoms with Crippen LogP contribution in [0.15, 0.2) is 30.3 Å². The van der Waals surface area contributed by atoms with E-state index in [9.17, 15) is 0 Å². The zero-order valence-electron chi connectivity index (χ0n) is 13.4. The molecule has 1 aliphatic heterocycles. The zero-order valence-corrected chi connectivity index (χ0v) is 14.4. The van der Waals surface area contributed by atoms with E-state index in [0.29, 0.717) is 6.04 Å². The van der Waals surface area contributed by atoms with E-state index < -0.39 is 8.07 Å². The summed E-state index contributed by atoms with van der Waals surface area (Å²) >= 11 is 0. The van der Waals surface area contributed by atoms with Gasteiger partial charge in [0.2, 0.25) is 0 Å². The van der Waals surface area contributed by atoms with Gasteiger partial charge in [0.1, 0.15) is 0 Å². The van der Waals surface area contributed by atoms with Gasteiger partial charge in [0.15, 0.2) is 0 Å². The van der Waals surface area contributed by atoms with Gasteiger partial charge in [-0.15, -0.1) is 12.1 Å². The van der Waals surface area contributed by atoms with Gasteiger partial charge in [-0.05, 0) is 25.6 Å². The second-order valence-corrected chi connectivity index (χ2v) is 10.8. The summed E-state index contributed by atoms with van der Waals surface area (Å²) in [6.45, 7) is 7.05. The third-order valence-corrected chi connectivity index (χ3v) is 6.16. The molecule has 1 saturated heterocycles. The largest absolute Gasteiger partial charge is 1.00 e. The fraction of sp³-hybridized carbons (Fsp3) is 0.562. The van der Waals surface area contributed by atoms with Crippen molar-refractivity contribution in [3.05, 3.63) is 41.9 Å².